The normalized spacial score (nSPS) is 13.3. The molecule has 1 aromatic carbocycles. The molecular weight excluding hydrogens is 164 g/mol. The number of aldehydes is 1. The third kappa shape index (κ3) is 1.33. The molecule has 0 fully saturated rings. The summed E-state index contributed by atoms with van der Waals surface area (Å²) in [6.45, 7) is 2.73. The quantitative estimate of drug-likeness (QED) is 0.661. The Morgan fingerprint density at radius 3 is 3.15 bits per heavy atom. The number of hydrogen-bond donors (Lipinski definition) is 1. The van der Waals surface area contributed by atoms with E-state index in [4.69, 9.17) is 0 Å². The molecule has 3 nitrogen and oxygen atoms in total. The van der Waals surface area contributed by atoms with Gasteiger partial charge < -0.3 is 5.32 Å². The maximum atomic E-state index is 10.6. The van der Waals surface area contributed by atoms with Crippen LogP contribution in [-0.4, -0.2) is 19.0 Å². The molecule has 3 heteroatoms. The van der Waals surface area contributed by atoms with Gasteiger partial charge in [-0.05, 0) is 24.6 Å². The van der Waals surface area contributed by atoms with Crippen LogP contribution < -0.4 is 5.32 Å². The van der Waals surface area contributed by atoms with Crippen molar-refractivity contribution in [3.8, 4) is 0 Å². The van der Waals surface area contributed by atoms with Crippen LogP contribution in [0.2, 0.25) is 0 Å². The van der Waals surface area contributed by atoms with Crippen LogP contribution >= 0.6 is 0 Å². The van der Waals surface area contributed by atoms with Crippen LogP contribution in [-0.2, 0) is 0 Å². The van der Waals surface area contributed by atoms with E-state index >= 15 is 0 Å². The van der Waals surface area contributed by atoms with Gasteiger partial charge in [-0.1, -0.05) is 0 Å². The Morgan fingerprint density at radius 1 is 1.54 bits per heavy atom. The second-order valence-electron chi connectivity index (χ2n) is 3.04. The van der Waals surface area contributed by atoms with Gasteiger partial charge in [-0.3, -0.25) is 9.79 Å². The molecular formula is C10H10N2O. The van der Waals surface area contributed by atoms with Crippen LogP contribution in [0.25, 0.3) is 0 Å². The summed E-state index contributed by atoms with van der Waals surface area (Å²) in [5.41, 5.74) is 3.63. The molecule has 0 atom stereocenters. The van der Waals surface area contributed by atoms with E-state index in [1.54, 1.807) is 12.3 Å². The van der Waals surface area contributed by atoms with Crippen molar-refractivity contribution in [2.45, 2.75) is 6.92 Å². The fraction of sp³-hybridized carbons (Fsp3) is 0.200. The van der Waals surface area contributed by atoms with E-state index in [0.717, 1.165) is 29.8 Å². The Labute approximate surface area is 76.5 Å². The molecule has 0 radical (unpaired) electrons. The Morgan fingerprint density at radius 2 is 2.38 bits per heavy atom. The van der Waals surface area contributed by atoms with Crippen molar-refractivity contribution >= 4 is 23.9 Å². The predicted octanol–water partition coefficient (Wildman–Crippen LogP) is 1.94. The third-order valence-corrected chi connectivity index (χ3v) is 2.07. The summed E-state index contributed by atoms with van der Waals surface area (Å²) >= 11 is 0. The van der Waals surface area contributed by atoms with Gasteiger partial charge in [0.15, 0.2) is 0 Å². The van der Waals surface area contributed by atoms with Crippen molar-refractivity contribution < 1.29 is 4.79 Å². The molecule has 0 saturated heterocycles. The topological polar surface area (TPSA) is 41.5 Å². The van der Waals surface area contributed by atoms with Gasteiger partial charge in [0, 0.05) is 11.8 Å². The van der Waals surface area contributed by atoms with Gasteiger partial charge >= 0.3 is 0 Å². The standard InChI is InChI=1S/C10H10N2O/c1-7-4-8(6-13)5-9-10(7)12-3-2-11-9/h2,4-6,12H,3H2,1H3. The first-order valence-electron chi connectivity index (χ1n) is 4.17. The summed E-state index contributed by atoms with van der Waals surface area (Å²) < 4.78 is 0. The average Bonchev–Trinajstić information content (AvgIpc) is 2.18. The lowest BCUT2D eigenvalue weighted by Crippen LogP contribution is -2.08. The van der Waals surface area contributed by atoms with E-state index in [1.165, 1.54) is 0 Å². The maximum absolute atomic E-state index is 10.6. The lowest BCUT2D eigenvalue weighted by atomic mass is 10.1. The number of carbonyl (C=O) groups is 1. The molecule has 13 heavy (non-hydrogen) atoms. The zero-order valence-corrected chi connectivity index (χ0v) is 7.37. The maximum Gasteiger partial charge on any atom is 0.150 e. The average molecular weight is 174 g/mol. The molecule has 0 spiro atoms. The van der Waals surface area contributed by atoms with Gasteiger partial charge in [0.1, 0.15) is 6.29 Å². The van der Waals surface area contributed by atoms with Gasteiger partial charge in [0.2, 0.25) is 0 Å². The van der Waals surface area contributed by atoms with Crippen LogP contribution in [0.3, 0.4) is 0 Å². The molecule has 0 bridgehead atoms. The molecule has 1 aromatic rings. The number of nitrogens with zero attached hydrogens (tertiary/aromatic N) is 1. The van der Waals surface area contributed by atoms with Gasteiger partial charge in [-0.25, -0.2) is 0 Å². The van der Waals surface area contributed by atoms with Crippen molar-refractivity contribution in [2.75, 3.05) is 11.9 Å². The number of fused-ring (bicyclic) bond motifs is 1. The molecule has 66 valence electrons. The first-order chi connectivity index (χ1) is 6.31. The van der Waals surface area contributed by atoms with Crippen molar-refractivity contribution in [1.82, 2.24) is 0 Å². The van der Waals surface area contributed by atoms with Crippen LogP contribution in [0.15, 0.2) is 17.1 Å². The minimum Gasteiger partial charge on any atom is -0.378 e. The molecule has 0 aromatic heterocycles. The second-order valence-corrected chi connectivity index (χ2v) is 3.04. The summed E-state index contributed by atoms with van der Waals surface area (Å²) in [6, 6.07) is 3.65. The Kier molecular flexibility index (Phi) is 1.85. The summed E-state index contributed by atoms with van der Waals surface area (Å²) in [5.74, 6) is 0. The number of aryl methyl sites for hydroxylation is 1. The number of hydrogen-bond acceptors (Lipinski definition) is 3. The molecule has 1 aliphatic rings. The number of nitrogens with one attached hydrogen (secondary N) is 1. The van der Waals surface area contributed by atoms with Crippen LogP contribution in [0, 0.1) is 6.92 Å². The second kappa shape index (κ2) is 3.01. The lowest BCUT2D eigenvalue weighted by Gasteiger charge is -2.15. The zero-order valence-electron chi connectivity index (χ0n) is 7.37. The third-order valence-electron chi connectivity index (χ3n) is 2.07. The Bertz CT molecular complexity index is 383. The van der Waals surface area contributed by atoms with Gasteiger partial charge in [-0.15, -0.1) is 0 Å². The van der Waals surface area contributed by atoms with E-state index < -0.39 is 0 Å². The van der Waals surface area contributed by atoms with E-state index in [2.05, 4.69) is 10.3 Å². The highest BCUT2D eigenvalue weighted by Crippen LogP contribution is 2.31. The first kappa shape index (κ1) is 7.98. The van der Waals surface area contributed by atoms with Gasteiger partial charge in [0.05, 0.1) is 17.9 Å². The van der Waals surface area contributed by atoms with E-state index in [9.17, 15) is 4.79 Å². The molecule has 1 heterocycles. The number of anilines is 1. The minimum absolute atomic E-state index is 0.678. The Balaban J connectivity index is 2.61. The molecule has 0 unspecified atom stereocenters. The number of benzene rings is 1. The van der Waals surface area contributed by atoms with E-state index in [0.29, 0.717) is 5.56 Å². The van der Waals surface area contributed by atoms with Gasteiger partial charge in [-0.2, -0.15) is 0 Å². The monoisotopic (exact) mass is 174 g/mol. The summed E-state index contributed by atoms with van der Waals surface area (Å²) in [7, 11) is 0. The van der Waals surface area contributed by atoms with Crippen LogP contribution in [0.5, 0.6) is 0 Å². The number of aliphatic imine (C=N–C) groups is 1. The summed E-state index contributed by atoms with van der Waals surface area (Å²) in [6.07, 6.45) is 2.65. The fourth-order valence-corrected chi connectivity index (χ4v) is 1.49. The fourth-order valence-electron chi connectivity index (χ4n) is 1.49. The lowest BCUT2D eigenvalue weighted by molar-refractivity contribution is 0.112. The highest BCUT2D eigenvalue weighted by atomic mass is 16.1. The van der Waals surface area contributed by atoms with Crippen molar-refractivity contribution in [1.29, 1.82) is 0 Å². The smallest absolute Gasteiger partial charge is 0.150 e. The first-order valence-corrected chi connectivity index (χ1v) is 4.17. The molecule has 0 amide bonds. The zero-order chi connectivity index (χ0) is 9.26. The molecule has 0 aliphatic carbocycles. The van der Waals surface area contributed by atoms with E-state index in [-0.39, 0.29) is 0 Å². The van der Waals surface area contributed by atoms with Gasteiger partial charge in [0.25, 0.3) is 0 Å². The highest BCUT2D eigenvalue weighted by Gasteiger charge is 2.08. The molecule has 0 saturated carbocycles. The van der Waals surface area contributed by atoms with Crippen molar-refractivity contribution in [2.24, 2.45) is 4.99 Å². The number of carbonyl (C=O) groups excluding carboxylic acids is 1. The largest absolute Gasteiger partial charge is 0.378 e. The summed E-state index contributed by atoms with van der Waals surface area (Å²) in [4.78, 5) is 14.8. The Hall–Kier alpha value is -1.64. The van der Waals surface area contributed by atoms with Crippen LogP contribution in [0.1, 0.15) is 15.9 Å². The van der Waals surface area contributed by atoms with E-state index in [1.807, 2.05) is 13.0 Å². The van der Waals surface area contributed by atoms with Crippen molar-refractivity contribution in [3.63, 3.8) is 0 Å². The minimum atomic E-state index is 0.678. The number of rotatable bonds is 1. The van der Waals surface area contributed by atoms with Crippen molar-refractivity contribution in [3.05, 3.63) is 23.3 Å². The molecule has 2 rings (SSSR count). The van der Waals surface area contributed by atoms with Crippen LogP contribution in [0.4, 0.5) is 11.4 Å². The molecule has 1 N–H and O–H groups in total. The predicted molar refractivity (Wildman–Crippen MR) is 53.2 cm³/mol. The SMILES string of the molecule is Cc1cc(C=O)cc2c1NCC=N2. The summed E-state index contributed by atoms with van der Waals surface area (Å²) in [5, 5.41) is 3.22. The molecule has 1 aliphatic heterocycles. The highest BCUT2D eigenvalue weighted by molar-refractivity contribution is 5.87.